The first kappa shape index (κ1) is 21.1. The van der Waals surface area contributed by atoms with Gasteiger partial charge >= 0.3 is 8.80 Å². The summed E-state index contributed by atoms with van der Waals surface area (Å²) < 4.78 is 17.6. The largest absolute Gasteiger partial charge is 0.500 e. The third kappa shape index (κ3) is 7.39. The van der Waals surface area contributed by atoms with Gasteiger partial charge in [-0.15, -0.1) is 12.2 Å². The van der Waals surface area contributed by atoms with Crippen LogP contribution in [-0.4, -0.2) is 40.4 Å². The van der Waals surface area contributed by atoms with Crippen LogP contribution in [0.4, 0.5) is 0 Å². The summed E-state index contributed by atoms with van der Waals surface area (Å²) in [5.41, 5.74) is 0.502. The fourth-order valence-electron chi connectivity index (χ4n) is 2.13. The number of hydrogen-bond donors (Lipinski definition) is 1. The van der Waals surface area contributed by atoms with Gasteiger partial charge in [0.15, 0.2) is 0 Å². The Labute approximate surface area is 136 Å². The predicted octanol–water partition coefficient (Wildman–Crippen LogP) is 4.55. The molecule has 0 radical (unpaired) electrons. The first-order valence-corrected chi connectivity index (χ1v) is 13.7. The monoisotopic (exact) mass is 358 g/mol. The molecule has 0 aromatic rings. The summed E-state index contributed by atoms with van der Waals surface area (Å²) in [4.78, 5) is 0. The first-order valence-electron chi connectivity index (χ1n) is 7.60. The van der Waals surface area contributed by atoms with Gasteiger partial charge in [-0.3, -0.25) is 0 Å². The van der Waals surface area contributed by atoms with Gasteiger partial charge in [0.25, 0.3) is 0 Å². The van der Waals surface area contributed by atoms with Crippen molar-refractivity contribution in [2.45, 2.75) is 59.2 Å². The summed E-state index contributed by atoms with van der Waals surface area (Å²) in [7, 11) is -2.48. The molecule has 20 heavy (non-hydrogen) atoms. The van der Waals surface area contributed by atoms with Gasteiger partial charge < -0.3 is 13.3 Å². The van der Waals surface area contributed by atoms with Crippen LogP contribution >= 0.6 is 17.5 Å². The standard InChI is InChI=1S/C13H31O3PS2Si/c1-6-14-20(15-7-2,16-8-3)12-10-11-13(5)17(18,19)9-4/h13H,6-12H2,1-5H3,(H,18,19). The molecular formula is C13H31O3PS2Si. The van der Waals surface area contributed by atoms with Gasteiger partial charge in [0, 0.05) is 31.1 Å². The van der Waals surface area contributed by atoms with Crippen molar-refractivity contribution in [3.05, 3.63) is 0 Å². The van der Waals surface area contributed by atoms with Crippen LogP contribution < -0.4 is 0 Å². The van der Waals surface area contributed by atoms with E-state index in [4.69, 9.17) is 37.3 Å². The van der Waals surface area contributed by atoms with Crippen molar-refractivity contribution in [3.8, 4) is 0 Å². The molecular weight excluding hydrogens is 327 g/mol. The van der Waals surface area contributed by atoms with Gasteiger partial charge in [-0.25, -0.2) is 0 Å². The minimum Gasteiger partial charge on any atom is -0.374 e. The smallest absolute Gasteiger partial charge is 0.374 e. The van der Waals surface area contributed by atoms with Crippen LogP contribution in [-0.2, 0) is 25.1 Å². The predicted molar refractivity (Wildman–Crippen MR) is 97.9 cm³/mol. The fraction of sp³-hybridized carbons (Fsp3) is 1.00. The van der Waals surface area contributed by atoms with E-state index < -0.39 is 14.0 Å². The van der Waals surface area contributed by atoms with Crippen molar-refractivity contribution in [1.82, 2.24) is 0 Å². The third-order valence-electron chi connectivity index (χ3n) is 3.34. The molecule has 0 aliphatic rings. The lowest BCUT2D eigenvalue weighted by Gasteiger charge is -2.29. The van der Waals surface area contributed by atoms with Gasteiger partial charge in [-0.1, -0.05) is 25.7 Å². The SMILES string of the molecule is CCO[Si](CCCC(C)P(=S)(S)CC)(OCC)OCC. The number of rotatable bonds is 12. The minimum absolute atomic E-state index is 0.502. The second kappa shape index (κ2) is 10.8. The van der Waals surface area contributed by atoms with Gasteiger partial charge in [0.05, 0.1) is 0 Å². The van der Waals surface area contributed by atoms with E-state index in [1.807, 2.05) is 20.8 Å². The first-order chi connectivity index (χ1) is 9.37. The van der Waals surface area contributed by atoms with Crippen molar-refractivity contribution >= 4 is 38.1 Å². The molecule has 0 aliphatic carbocycles. The maximum atomic E-state index is 5.86. The Bertz CT molecular complexity index is 288. The summed E-state index contributed by atoms with van der Waals surface area (Å²) >= 11 is 10.3. The van der Waals surface area contributed by atoms with Gasteiger partial charge in [-0.2, -0.15) is 0 Å². The van der Waals surface area contributed by atoms with Crippen LogP contribution in [0.2, 0.25) is 6.04 Å². The lowest BCUT2D eigenvalue weighted by molar-refractivity contribution is 0.0707. The summed E-state index contributed by atoms with van der Waals surface area (Å²) in [6, 6.07) is 0.875. The quantitative estimate of drug-likeness (QED) is 0.315. The average Bonchev–Trinajstić information content (AvgIpc) is 2.39. The van der Waals surface area contributed by atoms with Crippen molar-refractivity contribution in [3.63, 3.8) is 0 Å². The van der Waals surface area contributed by atoms with E-state index in [9.17, 15) is 0 Å². The molecule has 2 unspecified atom stereocenters. The van der Waals surface area contributed by atoms with E-state index in [-0.39, 0.29) is 0 Å². The van der Waals surface area contributed by atoms with Crippen molar-refractivity contribution in [2.75, 3.05) is 26.0 Å². The van der Waals surface area contributed by atoms with Crippen LogP contribution in [0.15, 0.2) is 0 Å². The van der Waals surface area contributed by atoms with E-state index in [0.717, 1.165) is 25.0 Å². The zero-order valence-electron chi connectivity index (χ0n) is 13.6. The zero-order valence-corrected chi connectivity index (χ0v) is 17.2. The molecule has 0 N–H and O–H groups in total. The Morgan fingerprint density at radius 3 is 1.85 bits per heavy atom. The molecule has 0 rings (SSSR count). The van der Waals surface area contributed by atoms with Crippen LogP contribution in [0, 0.1) is 0 Å². The average molecular weight is 359 g/mol. The van der Waals surface area contributed by atoms with Crippen LogP contribution in [0.1, 0.15) is 47.5 Å². The topological polar surface area (TPSA) is 27.7 Å². The molecule has 0 amide bonds. The van der Waals surface area contributed by atoms with Crippen molar-refractivity contribution in [2.24, 2.45) is 0 Å². The van der Waals surface area contributed by atoms with Crippen molar-refractivity contribution in [1.29, 1.82) is 0 Å². The molecule has 122 valence electrons. The maximum absolute atomic E-state index is 5.86. The molecule has 7 heteroatoms. The number of hydrogen-bond acceptors (Lipinski definition) is 4. The van der Waals surface area contributed by atoms with Crippen LogP contribution in [0.3, 0.4) is 0 Å². The summed E-state index contributed by atoms with van der Waals surface area (Å²) in [6.45, 7) is 12.3. The van der Waals surface area contributed by atoms with Crippen LogP contribution in [0.5, 0.6) is 0 Å². The molecule has 0 saturated heterocycles. The third-order valence-corrected chi connectivity index (χ3v) is 12.9. The zero-order chi connectivity index (χ0) is 15.6. The highest BCUT2D eigenvalue weighted by atomic mass is 32.9. The van der Waals surface area contributed by atoms with Gasteiger partial charge in [0.2, 0.25) is 0 Å². The van der Waals surface area contributed by atoms with E-state index >= 15 is 0 Å². The molecule has 2 atom stereocenters. The Hall–Kier alpha value is 1.10. The highest BCUT2D eigenvalue weighted by molar-refractivity contribution is 8.63. The molecule has 0 bridgehead atoms. The molecule has 0 spiro atoms. The minimum atomic E-state index is -2.48. The fourth-order valence-corrected chi connectivity index (χ4v) is 6.64. The normalized spacial score (nSPS) is 16.9. The van der Waals surface area contributed by atoms with E-state index in [1.54, 1.807) is 0 Å². The molecule has 0 fully saturated rings. The highest BCUT2D eigenvalue weighted by Gasteiger charge is 2.39. The van der Waals surface area contributed by atoms with E-state index in [0.29, 0.717) is 25.5 Å². The molecule has 0 aliphatic heterocycles. The van der Waals surface area contributed by atoms with E-state index in [1.165, 1.54) is 0 Å². The molecule has 0 aromatic heterocycles. The Balaban J connectivity index is 4.49. The van der Waals surface area contributed by atoms with Crippen molar-refractivity contribution < 1.29 is 13.3 Å². The number of thiol groups is 1. The Morgan fingerprint density at radius 2 is 1.50 bits per heavy atom. The maximum Gasteiger partial charge on any atom is 0.500 e. The summed E-state index contributed by atoms with van der Waals surface area (Å²) in [5, 5.41) is -1.47. The Kier molecular flexibility index (Phi) is 11.4. The molecule has 0 heterocycles. The molecule has 0 aromatic carbocycles. The van der Waals surface area contributed by atoms with Crippen LogP contribution in [0.25, 0.3) is 0 Å². The molecule has 0 saturated carbocycles. The summed E-state index contributed by atoms with van der Waals surface area (Å²) in [6.07, 6.45) is 3.13. The highest BCUT2D eigenvalue weighted by Crippen LogP contribution is 2.56. The lowest BCUT2D eigenvalue weighted by Crippen LogP contribution is -2.46. The lowest BCUT2D eigenvalue weighted by atomic mass is 10.3. The van der Waals surface area contributed by atoms with Gasteiger partial charge in [0.1, 0.15) is 0 Å². The second-order valence-electron chi connectivity index (χ2n) is 4.80. The van der Waals surface area contributed by atoms with E-state index in [2.05, 4.69) is 13.8 Å². The second-order valence-corrected chi connectivity index (χ2v) is 15.5. The molecule has 3 nitrogen and oxygen atoms in total. The van der Waals surface area contributed by atoms with Gasteiger partial charge in [-0.05, 0) is 45.4 Å². The summed E-state index contributed by atoms with van der Waals surface area (Å²) in [5.74, 6) is 0. The Morgan fingerprint density at radius 1 is 1.05 bits per heavy atom.